The lowest BCUT2D eigenvalue weighted by Crippen LogP contribution is -2.28. The molecule has 282 valence electrons. The molecule has 1 N–H and O–H groups in total. The largest absolute Gasteiger partial charge is 0.481 e. The van der Waals surface area contributed by atoms with Crippen LogP contribution in [-0.2, 0) is 14.3 Å². The standard InChI is InChI=1S/C42H80N2O4/c1-2-3-4-5-27-32-39-48-42(47)35-30-25-21-17-13-7-6-10-14-18-22-26-31-37-44-38-36-43-40(44)33-28-23-19-15-11-8-9-12-16-20-24-29-34-41(45)46/h2-39H2,1H3,(H,45,46). The summed E-state index contributed by atoms with van der Waals surface area (Å²) in [4.78, 5) is 29.8. The predicted molar refractivity (Wildman–Crippen MR) is 205 cm³/mol. The van der Waals surface area contributed by atoms with Gasteiger partial charge in [-0.05, 0) is 32.1 Å². The van der Waals surface area contributed by atoms with Crippen LogP contribution in [0.5, 0.6) is 0 Å². The molecule has 0 atom stereocenters. The number of carboxylic acids is 1. The minimum Gasteiger partial charge on any atom is -0.481 e. The number of hydrogen-bond acceptors (Lipinski definition) is 5. The molecule has 0 saturated carbocycles. The highest BCUT2D eigenvalue weighted by Crippen LogP contribution is 2.17. The number of aliphatic imine (C=N–C) groups is 1. The minimum absolute atomic E-state index is 0.00900. The molecule has 6 nitrogen and oxygen atoms in total. The fourth-order valence-electron chi connectivity index (χ4n) is 6.99. The Balaban J connectivity index is 1.79. The third kappa shape index (κ3) is 30.5. The van der Waals surface area contributed by atoms with Crippen molar-refractivity contribution in [1.82, 2.24) is 4.90 Å². The Morgan fingerprint density at radius 1 is 0.562 bits per heavy atom. The lowest BCUT2D eigenvalue weighted by molar-refractivity contribution is -0.144. The summed E-state index contributed by atoms with van der Waals surface area (Å²) in [5.41, 5.74) is 0. The monoisotopic (exact) mass is 677 g/mol. The van der Waals surface area contributed by atoms with E-state index >= 15 is 0 Å². The molecule has 0 spiro atoms. The van der Waals surface area contributed by atoms with Gasteiger partial charge in [-0.3, -0.25) is 14.6 Å². The highest BCUT2D eigenvalue weighted by Gasteiger charge is 2.15. The maximum absolute atomic E-state index is 11.9. The quantitative estimate of drug-likeness (QED) is 0.0520. The van der Waals surface area contributed by atoms with E-state index in [0.717, 1.165) is 38.8 Å². The zero-order valence-corrected chi connectivity index (χ0v) is 31.9. The van der Waals surface area contributed by atoms with E-state index in [9.17, 15) is 9.59 Å². The molecule has 48 heavy (non-hydrogen) atoms. The Hall–Kier alpha value is -1.59. The number of carboxylic acid groups (broad SMARTS) is 1. The van der Waals surface area contributed by atoms with Gasteiger partial charge in [0.05, 0.1) is 19.0 Å². The molecule has 0 aromatic heterocycles. The minimum atomic E-state index is -0.659. The van der Waals surface area contributed by atoms with E-state index in [1.165, 1.54) is 192 Å². The van der Waals surface area contributed by atoms with E-state index in [-0.39, 0.29) is 5.97 Å². The molecular formula is C42H80N2O4. The second kappa shape index (κ2) is 35.2. The molecule has 1 aliphatic rings. The predicted octanol–water partition coefficient (Wildman–Crippen LogP) is 12.6. The highest BCUT2D eigenvalue weighted by atomic mass is 16.5. The molecule has 0 aromatic carbocycles. The van der Waals surface area contributed by atoms with Gasteiger partial charge in [-0.25, -0.2) is 0 Å². The van der Waals surface area contributed by atoms with Crippen molar-refractivity contribution in [2.45, 2.75) is 225 Å². The summed E-state index contributed by atoms with van der Waals surface area (Å²) in [5.74, 6) is 0.738. The van der Waals surface area contributed by atoms with Gasteiger partial charge in [0.15, 0.2) is 0 Å². The zero-order chi connectivity index (χ0) is 34.6. The van der Waals surface area contributed by atoms with Crippen molar-refractivity contribution in [3.05, 3.63) is 0 Å². The van der Waals surface area contributed by atoms with Gasteiger partial charge in [0.1, 0.15) is 0 Å². The van der Waals surface area contributed by atoms with E-state index in [1.807, 2.05) is 0 Å². The number of ether oxygens (including phenoxy) is 1. The third-order valence-corrected chi connectivity index (χ3v) is 10.1. The number of hydrogen-bond donors (Lipinski definition) is 1. The van der Waals surface area contributed by atoms with Gasteiger partial charge >= 0.3 is 11.9 Å². The number of carbonyl (C=O) groups excluding carboxylic acids is 1. The fraction of sp³-hybridized carbons (Fsp3) is 0.929. The number of nitrogens with zero attached hydrogens (tertiary/aromatic N) is 2. The van der Waals surface area contributed by atoms with E-state index in [1.54, 1.807) is 0 Å². The molecular weight excluding hydrogens is 596 g/mol. The summed E-state index contributed by atoms with van der Waals surface area (Å²) in [6.07, 6.45) is 41.7. The van der Waals surface area contributed by atoms with Gasteiger partial charge in [0, 0.05) is 32.4 Å². The Labute approximate surface area is 298 Å². The fourth-order valence-corrected chi connectivity index (χ4v) is 6.99. The topological polar surface area (TPSA) is 79.2 Å². The molecule has 0 aliphatic carbocycles. The molecule has 1 heterocycles. The van der Waals surface area contributed by atoms with Gasteiger partial charge in [0.2, 0.25) is 0 Å². The van der Waals surface area contributed by atoms with E-state index in [4.69, 9.17) is 14.8 Å². The van der Waals surface area contributed by atoms with Crippen molar-refractivity contribution in [3.63, 3.8) is 0 Å². The van der Waals surface area contributed by atoms with Gasteiger partial charge in [-0.15, -0.1) is 0 Å². The normalized spacial score (nSPS) is 12.9. The molecule has 0 radical (unpaired) electrons. The summed E-state index contributed by atoms with van der Waals surface area (Å²) in [7, 11) is 0. The van der Waals surface area contributed by atoms with Crippen LogP contribution < -0.4 is 0 Å². The average Bonchev–Trinajstić information content (AvgIpc) is 3.53. The first-order chi connectivity index (χ1) is 23.6. The van der Waals surface area contributed by atoms with Crippen LogP contribution >= 0.6 is 0 Å². The van der Waals surface area contributed by atoms with Crippen molar-refractivity contribution in [2.75, 3.05) is 26.2 Å². The Morgan fingerprint density at radius 2 is 0.979 bits per heavy atom. The Morgan fingerprint density at radius 3 is 1.48 bits per heavy atom. The number of aliphatic carboxylic acids is 1. The lowest BCUT2D eigenvalue weighted by Gasteiger charge is -2.20. The van der Waals surface area contributed by atoms with E-state index < -0.39 is 5.97 Å². The van der Waals surface area contributed by atoms with Crippen molar-refractivity contribution in [2.24, 2.45) is 4.99 Å². The Kier molecular flexibility index (Phi) is 32.6. The molecule has 0 bridgehead atoms. The van der Waals surface area contributed by atoms with E-state index in [2.05, 4.69) is 11.8 Å². The number of unbranched alkanes of at least 4 members (excludes halogenated alkanes) is 28. The molecule has 1 aliphatic heterocycles. The number of esters is 1. The number of carbonyl (C=O) groups is 2. The summed E-state index contributed by atoms with van der Waals surface area (Å²) >= 11 is 0. The van der Waals surface area contributed by atoms with Crippen molar-refractivity contribution in [1.29, 1.82) is 0 Å². The summed E-state index contributed by atoms with van der Waals surface area (Å²) < 4.78 is 5.38. The number of amidine groups is 1. The van der Waals surface area contributed by atoms with Crippen LogP contribution in [0, 0.1) is 0 Å². The molecule has 1 rings (SSSR count). The van der Waals surface area contributed by atoms with Crippen LogP contribution in [0.1, 0.15) is 225 Å². The second-order valence-electron chi connectivity index (χ2n) is 14.8. The SMILES string of the molecule is CCCCCCCCOC(=O)CCCCCCCCCCCCCCCN1CCN=C1CCCCCCCCCCCCCCC(=O)O. The van der Waals surface area contributed by atoms with Gasteiger partial charge in [-0.1, -0.05) is 174 Å². The molecule has 0 aromatic rings. The van der Waals surface area contributed by atoms with Crippen LogP contribution in [-0.4, -0.2) is 54.0 Å². The summed E-state index contributed by atoms with van der Waals surface area (Å²) in [6, 6.07) is 0. The lowest BCUT2D eigenvalue weighted by atomic mass is 10.0. The first-order valence-electron chi connectivity index (χ1n) is 21.3. The van der Waals surface area contributed by atoms with Crippen molar-refractivity contribution < 1.29 is 19.4 Å². The average molecular weight is 677 g/mol. The Bertz CT molecular complexity index is 756. The van der Waals surface area contributed by atoms with Crippen LogP contribution in [0.2, 0.25) is 0 Å². The molecule has 0 fully saturated rings. The van der Waals surface area contributed by atoms with Gasteiger partial charge < -0.3 is 14.7 Å². The van der Waals surface area contributed by atoms with E-state index in [0.29, 0.717) is 19.4 Å². The molecule has 0 unspecified atom stereocenters. The molecule has 0 saturated heterocycles. The first kappa shape index (κ1) is 44.4. The molecule has 0 amide bonds. The van der Waals surface area contributed by atoms with Crippen LogP contribution in [0.4, 0.5) is 0 Å². The second-order valence-corrected chi connectivity index (χ2v) is 14.8. The maximum Gasteiger partial charge on any atom is 0.305 e. The van der Waals surface area contributed by atoms with Gasteiger partial charge in [0.25, 0.3) is 0 Å². The first-order valence-corrected chi connectivity index (χ1v) is 21.3. The number of rotatable bonds is 38. The highest BCUT2D eigenvalue weighted by molar-refractivity contribution is 5.83. The van der Waals surface area contributed by atoms with Gasteiger partial charge in [-0.2, -0.15) is 0 Å². The molecule has 6 heteroatoms. The van der Waals surface area contributed by atoms with Crippen LogP contribution in [0.3, 0.4) is 0 Å². The van der Waals surface area contributed by atoms with Crippen LogP contribution in [0.15, 0.2) is 4.99 Å². The summed E-state index contributed by atoms with van der Waals surface area (Å²) in [5, 5.41) is 8.68. The van der Waals surface area contributed by atoms with Crippen LogP contribution in [0.25, 0.3) is 0 Å². The smallest absolute Gasteiger partial charge is 0.305 e. The zero-order valence-electron chi connectivity index (χ0n) is 31.9. The van der Waals surface area contributed by atoms with Crippen molar-refractivity contribution in [3.8, 4) is 0 Å². The summed E-state index contributed by atoms with van der Waals surface area (Å²) in [6.45, 7) is 6.20. The third-order valence-electron chi connectivity index (χ3n) is 10.1. The maximum atomic E-state index is 11.9. The van der Waals surface area contributed by atoms with Crippen molar-refractivity contribution >= 4 is 17.8 Å².